The van der Waals surface area contributed by atoms with Gasteiger partial charge in [0.2, 0.25) is 0 Å². The molecule has 0 bridgehead atoms. The zero-order chi connectivity index (χ0) is 8.43. The highest BCUT2D eigenvalue weighted by molar-refractivity contribution is 7.10. The van der Waals surface area contributed by atoms with Gasteiger partial charge in [-0.25, -0.2) is 0 Å². The van der Waals surface area contributed by atoms with E-state index in [1.54, 1.807) is 11.3 Å². The molecule has 2 heteroatoms. The van der Waals surface area contributed by atoms with Crippen LogP contribution in [0.2, 0.25) is 0 Å². The largest absolute Gasteiger partial charge is 0.490 e. The minimum atomic E-state index is 0.280. The first-order valence-electron chi connectivity index (χ1n) is 3.82. The van der Waals surface area contributed by atoms with Crippen molar-refractivity contribution in [3.8, 4) is 5.75 Å². The molecule has 1 aromatic rings. The number of ether oxygens (including phenoxy) is 1. The molecule has 0 atom stereocenters. The summed E-state index contributed by atoms with van der Waals surface area (Å²) in [6.07, 6.45) is 0.280. The van der Waals surface area contributed by atoms with E-state index in [9.17, 15) is 0 Å². The van der Waals surface area contributed by atoms with Gasteiger partial charge in [-0.05, 0) is 27.7 Å². The molecule has 0 N–H and O–H groups in total. The second-order valence-electron chi connectivity index (χ2n) is 2.95. The minimum Gasteiger partial charge on any atom is -0.490 e. The molecule has 0 radical (unpaired) electrons. The Morgan fingerprint density at radius 1 is 1.36 bits per heavy atom. The van der Waals surface area contributed by atoms with Crippen LogP contribution in [0, 0.1) is 13.8 Å². The predicted octanol–water partition coefficient (Wildman–Crippen LogP) is 3.15. The number of hydrogen-bond donors (Lipinski definition) is 0. The molecule has 62 valence electrons. The predicted molar refractivity (Wildman–Crippen MR) is 49.6 cm³/mol. The van der Waals surface area contributed by atoms with Gasteiger partial charge in [0.15, 0.2) is 0 Å². The molecular formula is C9H14OS. The fourth-order valence-electron chi connectivity index (χ4n) is 0.862. The molecule has 0 aliphatic carbocycles. The van der Waals surface area contributed by atoms with Gasteiger partial charge in [0.1, 0.15) is 5.75 Å². The summed E-state index contributed by atoms with van der Waals surface area (Å²) in [7, 11) is 0. The van der Waals surface area contributed by atoms with E-state index in [1.165, 1.54) is 10.4 Å². The van der Waals surface area contributed by atoms with Crippen LogP contribution in [0.25, 0.3) is 0 Å². The van der Waals surface area contributed by atoms with E-state index in [1.807, 2.05) is 13.8 Å². The topological polar surface area (TPSA) is 9.23 Å². The van der Waals surface area contributed by atoms with Gasteiger partial charge in [-0.15, -0.1) is 11.3 Å². The van der Waals surface area contributed by atoms with E-state index in [2.05, 4.69) is 19.2 Å². The summed E-state index contributed by atoms with van der Waals surface area (Å²) in [6, 6.07) is 0. The molecule has 11 heavy (non-hydrogen) atoms. The zero-order valence-corrected chi connectivity index (χ0v) is 8.29. The molecule has 1 nitrogen and oxygen atoms in total. The normalized spacial score (nSPS) is 10.6. The standard InChI is InChI=1S/C9H14OS/c1-6(2)10-9-5-11-8(4)7(9)3/h5-6H,1-4H3. The maximum atomic E-state index is 5.58. The average Bonchev–Trinajstić information content (AvgIpc) is 2.18. The van der Waals surface area contributed by atoms with Crippen molar-refractivity contribution in [3.05, 3.63) is 15.8 Å². The first-order chi connectivity index (χ1) is 5.11. The highest BCUT2D eigenvalue weighted by Gasteiger charge is 2.05. The van der Waals surface area contributed by atoms with Gasteiger partial charge in [-0.3, -0.25) is 0 Å². The van der Waals surface area contributed by atoms with Crippen molar-refractivity contribution in [1.29, 1.82) is 0 Å². The lowest BCUT2D eigenvalue weighted by atomic mass is 10.3. The summed E-state index contributed by atoms with van der Waals surface area (Å²) in [5, 5.41) is 2.07. The third-order valence-corrected chi connectivity index (χ3v) is 2.59. The fourth-order valence-corrected chi connectivity index (χ4v) is 1.66. The van der Waals surface area contributed by atoms with Gasteiger partial charge in [0.25, 0.3) is 0 Å². The Bertz CT molecular complexity index is 238. The van der Waals surface area contributed by atoms with Gasteiger partial charge in [0, 0.05) is 15.8 Å². The Balaban J connectivity index is 2.79. The first-order valence-corrected chi connectivity index (χ1v) is 4.70. The van der Waals surface area contributed by atoms with Crippen molar-refractivity contribution in [3.63, 3.8) is 0 Å². The van der Waals surface area contributed by atoms with Crippen LogP contribution in [-0.2, 0) is 0 Å². The third-order valence-electron chi connectivity index (χ3n) is 1.60. The molecule has 1 aromatic heterocycles. The zero-order valence-electron chi connectivity index (χ0n) is 7.47. The number of thiophene rings is 1. The molecule has 0 aliphatic rings. The van der Waals surface area contributed by atoms with Gasteiger partial charge < -0.3 is 4.74 Å². The lowest BCUT2D eigenvalue weighted by Crippen LogP contribution is -2.05. The van der Waals surface area contributed by atoms with Crippen molar-refractivity contribution in [2.45, 2.75) is 33.8 Å². The molecule has 1 rings (SSSR count). The SMILES string of the molecule is Cc1scc(OC(C)C)c1C. The molecule has 0 fully saturated rings. The summed E-state index contributed by atoms with van der Waals surface area (Å²) in [4.78, 5) is 1.35. The minimum absolute atomic E-state index is 0.280. The quantitative estimate of drug-likeness (QED) is 0.662. The fraction of sp³-hybridized carbons (Fsp3) is 0.556. The summed E-state index contributed by atoms with van der Waals surface area (Å²) in [5.74, 6) is 1.04. The van der Waals surface area contributed by atoms with Crippen LogP contribution in [0.4, 0.5) is 0 Å². The highest BCUT2D eigenvalue weighted by atomic mass is 32.1. The van der Waals surface area contributed by atoms with Gasteiger partial charge in [-0.2, -0.15) is 0 Å². The van der Waals surface area contributed by atoms with E-state index in [0.29, 0.717) is 0 Å². The molecule has 0 saturated heterocycles. The second kappa shape index (κ2) is 3.26. The monoisotopic (exact) mass is 170 g/mol. The van der Waals surface area contributed by atoms with Crippen LogP contribution in [-0.4, -0.2) is 6.10 Å². The maximum absolute atomic E-state index is 5.58. The molecule has 1 heterocycles. The van der Waals surface area contributed by atoms with Gasteiger partial charge in [0.05, 0.1) is 6.10 Å². The van der Waals surface area contributed by atoms with Crippen molar-refractivity contribution < 1.29 is 4.74 Å². The summed E-state index contributed by atoms with van der Waals surface area (Å²) >= 11 is 1.75. The molecule has 0 spiro atoms. The number of aryl methyl sites for hydroxylation is 1. The van der Waals surface area contributed by atoms with Crippen molar-refractivity contribution >= 4 is 11.3 Å². The molecular weight excluding hydrogens is 156 g/mol. The van der Waals surface area contributed by atoms with Crippen LogP contribution in [0.1, 0.15) is 24.3 Å². The summed E-state index contributed by atoms with van der Waals surface area (Å²) < 4.78 is 5.58. The number of hydrogen-bond acceptors (Lipinski definition) is 2. The number of rotatable bonds is 2. The Labute approximate surface area is 72.0 Å². The summed E-state index contributed by atoms with van der Waals surface area (Å²) in [5.41, 5.74) is 1.28. The van der Waals surface area contributed by atoms with Gasteiger partial charge >= 0.3 is 0 Å². The molecule has 0 saturated carbocycles. The third kappa shape index (κ3) is 1.96. The van der Waals surface area contributed by atoms with E-state index in [0.717, 1.165) is 5.75 Å². The Kier molecular flexibility index (Phi) is 2.55. The Hall–Kier alpha value is -0.500. The Morgan fingerprint density at radius 3 is 2.36 bits per heavy atom. The molecule has 0 unspecified atom stereocenters. The van der Waals surface area contributed by atoms with Crippen LogP contribution in [0.3, 0.4) is 0 Å². The van der Waals surface area contributed by atoms with Crippen LogP contribution >= 0.6 is 11.3 Å². The molecule has 0 aliphatic heterocycles. The van der Waals surface area contributed by atoms with E-state index < -0.39 is 0 Å². The van der Waals surface area contributed by atoms with Crippen LogP contribution < -0.4 is 4.74 Å². The van der Waals surface area contributed by atoms with Crippen LogP contribution in [0.5, 0.6) is 5.75 Å². The summed E-state index contributed by atoms with van der Waals surface area (Å²) in [6.45, 7) is 8.32. The maximum Gasteiger partial charge on any atom is 0.133 e. The second-order valence-corrected chi connectivity index (χ2v) is 4.03. The van der Waals surface area contributed by atoms with Gasteiger partial charge in [-0.1, -0.05) is 0 Å². The first kappa shape index (κ1) is 8.60. The Morgan fingerprint density at radius 2 is 2.00 bits per heavy atom. The van der Waals surface area contributed by atoms with Crippen molar-refractivity contribution in [1.82, 2.24) is 0 Å². The smallest absolute Gasteiger partial charge is 0.133 e. The highest BCUT2D eigenvalue weighted by Crippen LogP contribution is 2.28. The van der Waals surface area contributed by atoms with Crippen LogP contribution in [0.15, 0.2) is 5.38 Å². The average molecular weight is 170 g/mol. The van der Waals surface area contributed by atoms with Crippen molar-refractivity contribution in [2.24, 2.45) is 0 Å². The van der Waals surface area contributed by atoms with E-state index in [-0.39, 0.29) is 6.10 Å². The lowest BCUT2D eigenvalue weighted by Gasteiger charge is -2.08. The molecule has 0 amide bonds. The van der Waals surface area contributed by atoms with Crippen molar-refractivity contribution in [2.75, 3.05) is 0 Å². The molecule has 0 aromatic carbocycles. The lowest BCUT2D eigenvalue weighted by molar-refractivity contribution is 0.242. The van der Waals surface area contributed by atoms with E-state index >= 15 is 0 Å². The van der Waals surface area contributed by atoms with E-state index in [4.69, 9.17) is 4.74 Å².